The maximum Gasteiger partial charge on any atom is 0.136 e. The Bertz CT molecular complexity index is 256. The van der Waals surface area contributed by atoms with Crippen molar-refractivity contribution in [3.05, 3.63) is 47.7 Å². The van der Waals surface area contributed by atoms with E-state index in [1.54, 1.807) is 0 Å². The zero-order valence-electron chi connectivity index (χ0n) is 7.49. The molecule has 0 saturated heterocycles. The molecular formula is C11H14+2. The van der Waals surface area contributed by atoms with E-state index < -0.39 is 0 Å². The smallest absolute Gasteiger partial charge is 0.00886 e. The van der Waals surface area contributed by atoms with Gasteiger partial charge in [0, 0.05) is 34.6 Å². The average molecular weight is 146 g/mol. The van der Waals surface area contributed by atoms with Crippen LogP contribution in [-0.4, -0.2) is 0 Å². The third kappa shape index (κ3) is 1.21. The first-order chi connectivity index (χ1) is 5.04. The Kier molecular flexibility index (Phi) is 1.86. The minimum Gasteiger partial charge on any atom is 0.00886 e. The van der Waals surface area contributed by atoms with Gasteiger partial charge in [0.15, 0.2) is 0 Å². The minimum absolute atomic E-state index is 1.13. The molecule has 0 fully saturated rings. The molecule has 11 heavy (non-hydrogen) atoms. The Balaban J connectivity index is 3.46. The lowest BCUT2D eigenvalue weighted by atomic mass is 9.96. The molecule has 0 radical (unpaired) electrons. The predicted octanol–water partition coefficient (Wildman–Crippen LogP) is 2.98. The second-order valence-electron chi connectivity index (χ2n) is 3.09. The van der Waals surface area contributed by atoms with Gasteiger partial charge in [0.05, 0.1) is 22.8 Å². The van der Waals surface area contributed by atoms with Crippen LogP contribution in [0.15, 0.2) is 6.07 Å². The van der Waals surface area contributed by atoms with Gasteiger partial charge in [0.1, 0.15) is 11.1 Å². The van der Waals surface area contributed by atoms with Crippen molar-refractivity contribution in [1.29, 1.82) is 0 Å². The third-order valence-corrected chi connectivity index (χ3v) is 2.29. The largest absolute Gasteiger partial charge is 0.136 e. The average Bonchev–Trinajstić information content (AvgIpc) is 1.97. The first-order valence-corrected chi connectivity index (χ1v) is 3.78. The molecule has 0 aliphatic heterocycles. The lowest BCUT2D eigenvalue weighted by Gasteiger charge is -1.97. The summed E-state index contributed by atoms with van der Waals surface area (Å²) in [6.45, 7) is 14.2. The molecule has 0 aliphatic carbocycles. The summed E-state index contributed by atoms with van der Waals surface area (Å²) in [5.74, 6) is 0. The van der Waals surface area contributed by atoms with E-state index in [1.165, 1.54) is 16.7 Å². The SMILES string of the molecule is [CH2+]c1c(C)cc(C)c([CH2+])c1C. The van der Waals surface area contributed by atoms with Crippen LogP contribution in [0.5, 0.6) is 0 Å². The monoisotopic (exact) mass is 146 g/mol. The van der Waals surface area contributed by atoms with Crippen LogP contribution >= 0.6 is 0 Å². The molecular weight excluding hydrogens is 132 g/mol. The van der Waals surface area contributed by atoms with Crippen LogP contribution in [0.2, 0.25) is 0 Å². The van der Waals surface area contributed by atoms with Crippen molar-refractivity contribution < 1.29 is 0 Å². The van der Waals surface area contributed by atoms with Gasteiger partial charge in [0.2, 0.25) is 0 Å². The first kappa shape index (κ1) is 8.06. The van der Waals surface area contributed by atoms with Crippen LogP contribution in [0.4, 0.5) is 0 Å². The lowest BCUT2D eigenvalue weighted by molar-refractivity contribution is 1.25. The Morgan fingerprint density at radius 2 is 1.27 bits per heavy atom. The Hall–Kier alpha value is -1.04. The molecule has 0 aliphatic rings. The number of aryl methyl sites for hydroxylation is 2. The molecule has 0 aromatic heterocycles. The standard InChI is InChI=1S/C11H14/c1-7-6-8(2)10(4)11(5)9(7)3/h6H,3-4H2,1-2,5H3/q+2. The Morgan fingerprint density at radius 1 is 0.909 bits per heavy atom. The summed E-state index contributed by atoms with van der Waals surface area (Å²) in [5.41, 5.74) is 5.99. The third-order valence-electron chi connectivity index (χ3n) is 2.29. The van der Waals surface area contributed by atoms with Crippen molar-refractivity contribution in [3.63, 3.8) is 0 Å². The van der Waals surface area contributed by atoms with Crippen LogP contribution in [0.1, 0.15) is 27.8 Å². The highest BCUT2D eigenvalue weighted by molar-refractivity contribution is 5.47. The molecule has 0 spiro atoms. The molecule has 56 valence electrons. The zero-order chi connectivity index (χ0) is 8.59. The summed E-state index contributed by atoms with van der Waals surface area (Å²) in [7, 11) is 0. The molecule has 1 rings (SSSR count). The van der Waals surface area contributed by atoms with E-state index in [-0.39, 0.29) is 0 Å². The van der Waals surface area contributed by atoms with Crippen LogP contribution in [0.25, 0.3) is 0 Å². The molecule has 0 bridgehead atoms. The topological polar surface area (TPSA) is 0 Å². The van der Waals surface area contributed by atoms with Gasteiger partial charge in [-0.1, -0.05) is 0 Å². The van der Waals surface area contributed by atoms with Crippen LogP contribution in [-0.2, 0) is 0 Å². The maximum atomic E-state index is 3.98. The fraction of sp³-hybridized carbons (Fsp3) is 0.273. The van der Waals surface area contributed by atoms with Crippen molar-refractivity contribution in [2.45, 2.75) is 20.8 Å². The number of hydrogen-bond donors (Lipinski definition) is 0. The maximum absolute atomic E-state index is 3.98. The van der Waals surface area contributed by atoms with Gasteiger partial charge in [-0.3, -0.25) is 0 Å². The van der Waals surface area contributed by atoms with E-state index in [9.17, 15) is 0 Å². The normalized spacial score (nSPS) is 10.1. The summed E-state index contributed by atoms with van der Waals surface area (Å²) < 4.78 is 0. The van der Waals surface area contributed by atoms with Gasteiger partial charge in [0.25, 0.3) is 0 Å². The second kappa shape index (κ2) is 2.54. The molecule has 0 heterocycles. The Labute approximate surface area is 69.3 Å². The highest BCUT2D eigenvalue weighted by Crippen LogP contribution is 2.19. The van der Waals surface area contributed by atoms with Gasteiger partial charge in [-0.15, -0.1) is 0 Å². The molecule has 1 aromatic rings. The van der Waals surface area contributed by atoms with Crippen LogP contribution in [0, 0.1) is 34.6 Å². The summed E-state index contributed by atoms with van der Waals surface area (Å²) in [5, 5.41) is 0. The fourth-order valence-corrected chi connectivity index (χ4v) is 1.27. The van der Waals surface area contributed by atoms with E-state index in [0.29, 0.717) is 0 Å². The predicted molar refractivity (Wildman–Crippen MR) is 49.6 cm³/mol. The van der Waals surface area contributed by atoms with Crippen molar-refractivity contribution >= 4 is 0 Å². The van der Waals surface area contributed by atoms with Crippen molar-refractivity contribution in [2.24, 2.45) is 0 Å². The molecule has 0 unspecified atom stereocenters. The number of hydrogen-bond acceptors (Lipinski definition) is 0. The van der Waals surface area contributed by atoms with Gasteiger partial charge in [-0.25, -0.2) is 0 Å². The first-order valence-electron chi connectivity index (χ1n) is 3.78. The Morgan fingerprint density at radius 3 is 1.64 bits per heavy atom. The van der Waals surface area contributed by atoms with Crippen molar-refractivity contribution in [1.82, 2.24) is 0 Å². The number of benzene rings is 1. The van der Waals surface area contributed by atoms with Gasteiger partial charge in [-0.2, -0.15) is 0 Å². The summed E-state index contributed by atoms with van der Waals surface area (Å²) >= 11 is 0. The summed E-state index contributed by atoms with van der Waals surface area (Å²) in [6.07, 6.45) is 0. The molecule has 0 saturated carbocycles. The van der Waals surface area contributed by atoms with E-state index >= 15 is 0 Å². The molecule has 0 heteroatoms. The van der Waals surface area contributed by atoms with E-state index in [1.807, 2.05) is 0 Å². The number of rotatable bonds is 0. The highest BCUT2D eigenvalue weighted by Gasteiger charge is 2.15. The zero-order valence-corrected chi connectivity index (χ0v) is 7.49. The van der Waals surface area contributed by atoms with Crippen molar-refractivity contribution in [2.75, 3.05) is 0 Å². The fourth-order valence-electron chi connectivity index (χ4n) is 1.27. The van der Waals surface area contributed by atoms with E-state index in [2.05, 4.69) is 40.7 Å². The molecule has 0 atom stereocenters. The van der Waals surface area contributed by atoms with Crippen LogP contribution < -0.4 is 0 Å². The molecule has 1 aromatic carbocycles. The second-order valence-corrected chi connectivity index (χ2v) is 3.09. The van der Waals surface area contributed by atoms with E-state index in [4.69, 9.17) is 0 Å². The van der Waals surface area contributed by atoms with E-state index in [0.717, 1.165) is 11.1 Å². The molecule has 0 nitrogen and oxygen atoms in total. The summed E-state index contributed by atoms with van der Waals surface area (Å²) in [4.78, 5) is 0. The quantitative estimate of drug-likeness (QED) is 0.494. The van der Waals surface area contributed by atoms with Gasteiger partial charge in [-0.05, 0) is 0 Å². The van der Waals surface area contributed by atoms with Crippen molar-refractivity contribution in [3.8, 4) is 0 Å². The highest BCUT2D eigenvalue weighted by atomic mass is 14.1. The lowest BCUT2D eigenvalue weighted by Crippen LogP contribution is -1.93. The van der Waals surface area contributed by atoms with Crippen LogP contribution in [0.3, 0.4) is 0 Å². The van der Waals surface area contributed by atoms with Gasteiger partial charge >= 0.3 is 0 Å². The molecule has 0 N–H and O–H groups in total. The summed E-state index contributed by atoms with van der Waals surface area (Å²) in [6, 6.07) is 2.14. The van der Waals surface area contributed by atoms with Gasteiger partial charge < -0.3 is 0 Å². The molecule has 0 amide bonds. The minimum atomic E-state index is 1.13.